The maximum absolute atomic E-state index is 13.3. The van der Waals surface area contributed by atoms with E-state index in [1.54, 1.807) is 0 Å². The third kappa shape index (κ3) is 2.13. The fourth-order valence-corrected chi connectivity index (χ4v) is 1.56. The van der Waals surface area contributed by atoms with E-state index in [2.05, 4.69) is 27.2 Å². The van der Waals surface area contributed by atoms with E-state index in [1.165, 1.54) is 0 Å². The normalized spacial score (nSPS) is 29.4. The molecule has 0 aromatic carbocycles. The highest BCUT2D eigenvalue weighted by atomic mass is 79.9. The Kier molecular flexibility index (Phi) is 3.75. The van der Waals surface area contributed by atoms with Gasteiger partial charge < -0.3 is 4.74 Å². The van der Waals surface area contributed by atoms with Crippen molar-refractivity contribution in [2.45, 2.75) is 10.7 Å². The van der Waals surface area contributed by atoms with Crippen LogP contribution in [0.1, 0.15) is 0 Å². The maximum Gasteiger partial charge on any atom is 0.332 e. The summed E-state index contributed by atoms with van der Waals surface area (Å²) in [7, 11) is 0. The number of halogens is 6. The Labute approximate surface area is 101 Å². The van der Waals surface area contributed by atoms with Gasteiger partial charge in [0.15, 0.2) is 23.3 Å². The highest BCUT2D eigenvalue weighted by molar-refractivity contribution is 9.10. The van der Waals surface area contributed by atoms with Gasteiger partial charge >= 0.3 is 5.97 Å². The molecule has 1 aliphatic rings. The molecule has 17 heavy (non-hydrogen) atoms. The molecule has 2 unspecified atom stereocenters. The van der Waals surface area contributed by atoms with Crippen LogP contribution in [0.5, 0.6) is 0 Å². The molecule has 0 bridgehead atoms. The lowest BCUT2D eigenvalue weighted by Crippen LogP contribution is -2.42. The molecule has 0 saturated heterocycles. The van der Waals surface area contributed by atoms with Crippen molar-refractivity contribution in [2.24, 2.45) is 0 Å². The zero-order chi connectivity index (χ0) is 13.4. The minimum Gasteiger partial charge on any atom is -0.433 e. The van der Waals surface area contributed by atoms with Crippen LogP contribution in [-0.2, 0) is 9.53 Å². The summed E-state index contributed by atoms with van der Waals surface area (Å²) in [6.45, 7) is 2.93. The van der Waals surface area contributed by atoms with Crippen LogP contribution in [0.3, 0.4) is 0 Å². The summed E-state index contributed by atoms with van der Waals surface area (Å²) in [5.74, 6) is -10.2. The molecule has 2 atom stereocenters. The number of hydrogen-bond donors (Lipinski definition) is 0. The zero-order valence-electron chi connectivity index (χ0n) is 7.95. The van der Waals surface area contributed by atoms with Crippen LogP contribution < -0.4 is 0 Å². The first-order chi connectivity index (χ1) is 7.75. The van der Waals surface area contributed by atoms with Gasteiger partial charge in [-0.05, 0) is 15.9 Å². The fraction of sp³-hybridized carbons (Fsp3) is 0.222. The Hall–Kier alpha value is -1.18. The predicted octanol–water partition coefficient (Wildman–Crippen LogP) is 3.46. The number of rotatable bonds is 2. The molecule has 94 valence electrons. The van der Waals surface area contributed by atoms with Gasteiger partial charge in [0.25, 0.3) is 4.51 Å². The minimum absolute atomic E-state index is 0.521. The molecule has 0 amide bonds. The second kappa shape index (κ2) is 4.59. The molecular weight excluding hydrogens is 315 g/mol. The Balaban J connectivity index is 3.27. The van der Waals surface area contributed by atoms with Crippen molar-refractivity contribution in [2.75, 3.05) is 0 Å². The SMILES string of the molecule is C=CC(=O)OC1(Br)C(F)=C(F)C(F)=C(F)C1F. The molecule has 1 rings (SSSR count). The van der Waals surface area contributed by atoms with E-state index in [9.17, 15) is 26.7 Å². The highest BCUT2D eigenvalue weighted by Gasteiger charge is 2.54. The van der Waals surface area contributed by atoms with Crippen molar-refractivity contribution in [1.29, 1.82) is 0 Å². The number of alkyl halides is 2. The van der Waals surface area contributed by atoms with Crippen molar-refractivity contribution in [1.82, 2.24) is 0 Å². The van der Waals surface area contributed by atoms with E-state index in [-0.39, 0.29) is 0 Å². The van der Waals surface area contributed by atoms with Crippen LogP contribution in [0, 0.1) is 0 Å². The average molecular weight is 319 g/mol. The summed E-state index contributed by atoms with van der Waals surface area (Å²) in [6.07, 6.45) is -2.53. The quantitative estimate of drug-likeness (QED) is 0.337. The van der Waals surface area contributed by atoms with Crippen LogP contribution >= 0.6 is 15.9 Å². The molecule has 0 saturated carbocycles. The summed E-state index contributed by atoms with van der Waals surface area (Å²) in [6, 6.07) is 0. The third-order valence-electron chi connectivity index (χ3n) is 1.86. The maximum atomic E-state index is 13.3. The van der Waals surface area contributed by atoms with Crippen LogP contribution in [0.2, 0.25) is 0 Å². The molecule has 0 aromatic heterocycles. The van der Waals surface area contributed by atoms with Gasteiger partial charge in [-0.2, -0.15) is 0 Å². The Morgan fingerprint density at radius 3 is 2.35 bits per heavy atom. The molecule has 0 N–H and O–H groups in total. The molecule has 1 aliphatic carbocycles. The Morgan fingerprint density at radius 2 is 1.88 bits per heavy atom. The first kappa shape index (κ1) is 13.9. The summed E-state index contributed by atoms with van der Waals surface area (Å²) in [4.78, 5) is 10.8. The number of ether oxygens (including phenoxy) is 1. The average Bonchev–Trinajstić information content (AvgIpc) is 2.32. The Bertz CT molecular complexity index is 445. The van der Waals surface area contributed by atoms with Crippen LogP contribution in [0.15, 0.2) is 36.0 Å². The van der Waals surface area contributed by atoms with Gasteiger partial charge in [-0.3, -0.25) is 0 Å². The van der Waals surface area contributed by atoms with Crippen molar-refractivity contribution >= 4 is 21.9 Å². The summed E-state index contributed by atoms with van der Waals surface area (Å²) >= 11 is 2.20. The molecule has 0 fully saturated rings. The van der Waals surface area contributed by atoms with Crippen LogP contribution in [-0.4, -0.2) is 16.7 Å². The van der Waals surface area contributed by atoms with Gasteiger partial charge in [0.05, 0.1) is 0 Å². The first-order valence-corrected chi connectivity index (χ1v) is 4.84. The summed E-state index contributed by atoms with van der Waals surface area (Å²) in [5, 5.41) is 0. The van der Waals surface area contributed by atoms with E-state index >= 15 is 0 Å². The number of allylic oxidation sites excluding steroid dienone is 2. The lowest BCUT2D eigenvalue weighted by molar-refractivity contribution is -0.147. The zero-order valence-corrected chi connectivity index (χ0v) is 9.53. The number of carbonyl (C=O) groups is 1. The van der Waals surface area contributed by atoms with E-state index in [0.29, 0.717) is 6.08 Å². The molecule has 0 spiro atoms. The van der Waals surface area contributed by atoms with Gasteiger partial charge in [0, 0.05) is 6.08 Å². The highest BCUT2D eigenvalue weighted by Crippen LogP contribution is 2.47. The second-order valence-electron chi connectivity index (χ2n) is 2.92. The van der Waals surface area contributed by atoms with Crippen LogP contribution in [0.4, 0.5) is 22.0 Å². The number of carbonyl (C=O) groups excluding carboxylic acids is 1. The number of hydrogen-bond acceptors (Lipinski definition) is 2. The predicted molar refractivity (Wildman–Crippen MR) is 51.3 cm³/mol. The van der Waals surface area contributed by atoms with Crippen molar-refractivity contribution in [3.05, 3.63) is 36.0 Å². The topological polar surface area (TPSA) is 26.3 Å². The molecule has 2 nitrogen and oxygen atoms in total. The smallest absolute Gasteiger partial charge is 0.332 e. The molecule has 0 aromatic rings. The molecular formula is C9H4BrF5O2. The summed E-state index contributed by atoms with van der Waals surface area (Å²) in [5.41, 5.74) is 0. The first-order valence-electron chi connectivity index (χ1n) is 4.05. The van der Waals surface area contributed by atoms with E-state index < -0.39 is 40.0 Å². The number of esters is 1. The van der Waals surface area contributed by atoms with Gasteiger partial charge in [-0.25, -0.2) is 26.7 Å². The monoisotopic (exact) mass is 318 g/mol. The molecule has 0 aliphatic heterocycles. The summed E-state index contributed by atoms with van der Waals surface area (Å²) < 4.78 is 66.0. The van der Waals surface area contributed by atoms with Crippen molar-refractivity contribution < 1.29 is 31.5 Å². The van der Waals surface area contributed by atoms with Gasteiger partial charge in [0.1, 0.15) is 0 Å². The van der Waals surface area contributed by atoms with Gasteiger partial charge in [-0.1, -0.05) is 6.58 Å². The van der Waals surface area contributed by atoms with Crippen LogP contribution in [0.25, 0.3) is 0 Å². The van der Waals surface area contributed by atoms with E-state index in [1.807, 2.05) is 0 Å². The molecule has 0 heterocycles. The Morgan fingerprint density at radius 1 is 1.35 bits per heavy atom. The van der Waals surface area contributed by atoms with E-state index in [4.69, 9.17) is 0 Å². The lowest BCUT2D eigenvalue weighted by atomic mass is 10.1. The standard InChI is InChI=1S/C9H4BrF5O2/c1-2-3(16)17-9(10)7(14)5(12)4(11)6(13)8(9)15/h2,7H,1H2. The lowest BCUT2D eigenvalue weighted by Gasteiger charge is -2.30. The van der Waals surface area contributed by atoms with E-state index in [0.717, 1.165) is 0 Å². The fourth-order valence-electron chi connectivity index (χ4n) is 1.02. The molecule has 8 heteroatoms. The third-order valence-corrected chi connectivity index (χ3v) is 2.77. The van der Waals surface area contributed by atoms with Gasteiger partial charge in [0.2, 0.25) is 6.17 Å². The second-order valence-corrected chi connectivity index (χ2v) is 4.10. The largest absolute Gasteiger partial charge is 0.433 e. The molecule has 0 radical (unpaired) electrons. The van der Waals surface area contributed by atoms with Crippen molar-refractivity contribution in [3.8, 4) is 0 Å². The minimum atomic E-state index is -3.07. The van der Waals surface area contributed by atoms with Gasteiger partial charge in [-0.15, -0.1) is 0 Å². The van der Waals surface area contributed by atoms with Crippen molar-refractivity contribution in [3.63, 3.8) is 0 Å².